The van der Waals surface area contributed by atoms with E-state index >= 15 is 0 Å². The predicted octanol–water partition coefficient (Wildman–Crippen LogP) is -2.69. The van der Waals surface area contributed by atoms with Crippen molar-refractivity contribution in [3.8, 4) is 0 Å². The summed E-state index contributed by atoms with van der Waals surface area (Å²) in [6.45, 7) is -3.43. The molecule has 0 spiro atoms. The molecule has 25 nitrogen and oxygen atoms in total. The molecule has 0 aliphatic rings. The van der Waals surface area contributed by atoms with Crippen molar-refractivity contribution in [2.75, 3.05) is 96.9 Å². The lowest BCUT2D eigenvalue weighted by atomic mass is 10.1. The number of anilines is 1. The third-order valence-electron chi connectivity index (χ3n) is 6.96. The average Bonchev–Trinajstić information content (AvgIpc) is 3.06. The number of hydrogen-bond donors (Lipinski definition) is 11. The Bertz CT molecular complexity index is 1640. The van der Waals surface area contributed by atoms with Crippen LogP contribution in [0.1, 0.15) is 0 Å². The predicted molar refractivity (Wildman–Crippen MR) is 198 cm³/mol. The maximum Gasteiger partial charge on any atom is 0.317 e. The normalized spacial score (nSPS) is 11.0. The second-order valence-corrected chi connectivity index (χ2v) is 13.2. The Morgan fingerprint density at radius 3 is 1.02 bits per heavy atom. The molecule has 0 atom stereocenters. The first-order valence-corrected chi connectivity index (χ1v) is 18.0. The molecule has 0 bridgehead atoms. The average molecular weight is 851 g/mol. The third-order valence-corrected chi connectivity index (χ3v) is 7.87. The number of aliphatic carboxylic acids is 8. The highest BCUT2D eigenvalue weighted by Crippen LogP contribution is 2.28. The van der Waals surface area contributed by atoms with Gasteiger partial charge in [-0.3, -0.25) is 62.5 Å². The SMILES string of the molecule is NCCNc1cccc2c(S(=O)(=O)O)cccc12.O=C(O)CN(CCN(CC(=O)O)CC(=O)O)CC(=O)O.O=C(O)CN(CCN(CC(=O)O)CC(=O)O)CC(=O)O. The van der Waals surface area contributed by atoms with Gasteiger partial charge in [-0.25, -0.2) is 0 Å². The van der Waals surface area contributed by atoms with Gasteiger partial charge >= 0.3 is 47.8 Å². The first-order chi connectivity index (χ1) is 26.9. The van der Waals surface area contributed by atoms with Crippen molar-refractivity contribution in [1.82, 2.24) is 19.6 Å². The van der Waals surface area contributed by atoms with Crippen LogP contribution in [0.5, 0.6) is 0 Å². The fourth-order valence-corrected chi connectivity index (χ4v) is 5.53. The Labute approximate surface area is 329 Å². The number of benzene rings is 2. The maximum atomic E-state index is 11.3. The smallest absolute Gasteiger partial charge is 0.317 e. The van der Waals surface area contributed by atoms with E-state index in [2.05, 4.69) is 5.32 Å². The number of carbonyl (C=O) groups is 8. The number of nitrogens with zero attached hydrogens (tertiary/aromatic N) is 4. The van der Waals surface area contributed by atoms with Crippen LogP contribution >= 0.6 is 0 Å². The molecule has 0 unspecified atom stereocenters. The van der Waals surface area contributed by atoms with Gasteiger partial charge in [0.1, 0.15) is 4.90 Å². The number of carboxylic acid groups (broad SMARTS) is 8. The van der Waals surface area contributed by atoms with Crippen LogP contribution in [-0.2, 0) is 48.5 Å². The quantitative estimate of drug-likeness (QED) is 0.0429. The van der Waals surface area contributed by atoms with Gasteiger partial charge in [-0.05, 0) is 12.1 Å². The van der Waals surface area contributed by atoms with E-state index in [0.717, 1.165) is 30.7 Å². The molecule has 58 heavy (non-hydrogen) atoms. The van der Waals surface area contributed by atoms with E-state index in [4.69, 9.17) is 46.6 Å². The maximum absolute atomic E-state index is 11.3. The lowest BCUT2D eigenvalue weighted by Crippen LogP contribution is -2.43. The van der Waals surface area contributed by atoms with Gasteiger partial charge in [0, 0.05) is 55.7 Å². The largest absolute Gasteiger partial charge is 0.480 e. The van der Waals surface area contributed by atoms with Crippen LogP contribution in [0.3, 0.4) is 0 Å². The third kappa shape index (κ3) is 24.5. The second-order valence-electron chi connectivity index (χ2n) is 11.8. The van der Waals surface area contributed by atoms with E-state index in [0.29, 0.717) is 18.5 Å². The van der Waals surface area contributed by atoms with Gasteiger partial charge in [0.05, 0.1) is 52.4 Å². The summed E-state index contributed by atoms with van der Waals surface area (Å²) in [5.74, 6) is -9.82. The minimum atomic E-state index is -4.22. The van der Waals surface area contributed by atoms with E-state index in [9.17, 15) is 51.3 Å². The van der Waals surface area contributed by atoms with Crippen LogP contribution in [0.2, 0.25) is 0 Å². The van der Waals surface area contributed by atoms with Crippen molar-refractivity contribution < 1.29 is 92.2 Å². The molecule has 2 aromatic rings. The summed E-state index contributed by atoms with van der Waals surface area (Å²) in [6.07, 6.45) is 0. The van der Waals surface area contributed by atoms with Gasteiger partial charge in [0.15, 0.2) is 0 Å². The summed E-state index contributed by atoms with van der Waals surface area (Å²) in [5, 5.41) is 73.3. The first kappa shape index (κ1) is 52.0. The Balaban J connectivity index is 0.000000841. The molecule has 0 aromatic heterocycles. The first-order valence-electron chi connectivity index (χ1n) is 16.5. The molecular weight excluding hydrogens is 804 g/mol. The Morgan fingerprint density at radius 1 is 0.483 bits per heavy atom. The van der Waals surface area contributed by atoms with Crippen molar-refractivity contribution >= 4 is 74.3 Å². The molecule has 2 rings (SSSR count). The van der Waals surface area contributed by atoms with Crippen LogP contribution in [0, 0.1) is 0 Å². The molecule has 0 aliphatic carbocycles. The monoisotopic (exact) mass is 850 g/mol. The van der Waals surface area contributed by atoms with Gasteiger partial charge in [-0.1, -0.05) is 24.3 Å². The van der Waals surface area contributed by atoms with E-state index in [-0.39, 0.29) is 31.1 Å². The van der Waals surface area contributed by atoms with Gasteiger partial charge in [-0.15, -0.1) is 0 Å². The molecule has 0 fully saturated rings. The second kappa shape index (κ2) is 26.8. The fourth-order valence-electron chi connectivity index (χ4n) is 4.82. The molecule has 0 aliphatic heterocycles. The molecule has 0 heterocycles. The minimum absolute atomic E-state index is 0.0703. The van der Waals surface area contributed by atoms with Crippen LogP contribution < -0.4 is 11.1 Å². The molecular formula is C32H46N6O19S. The highest BCUT2D eigenvalue weighted by Gasteiger charge is 2.20. The zero-order valence-corrected chi connectivity index (χ0v) is 31.6. The summed E-state index contributed by atoms with van der Waals surface area (Å²) < 4.78 is 31.8. The fraction of sp³-hybridized carbons (Fsp3) is 0.438. The summed E-state index contributed by atoms with van der Waals surface area (Å²) in [7, 11) is -4.22. The lowest BCUT2D eigenvalue weighted by Gasteiger charge is -2.23. The number of rotatable bonds is 26. The van der Waals surface area contributed by atoms with E-state index < -0.39 is 110 Å². The molecule has 0 saturated heterocycles. The number of carboxylic acids is 8. The molecule has 0 amide bonds. The zero-order chi connectivity index (χ0) is 44.6. The molecule has 324 valence electrons. The summed E-state index contributed by atoms with van der Waals surface area (Å²) in [5.41, 5.74) is 6.22. The summed E-state index contributed by atoms with van der Waals surface area (Å²) >= 11 is 0. The molecule has 0 radical (unpaired) electrons. The zero-order valence-electron chi connectivity index (χ0n) is 30.7. The van der Waals surface area contributed by atoms with Crippen molar-refractivity contribution in [3.63, 3.8) is 0 Å². The number of nitrogens with one attached hydrogen (secondary N) is 1. The van der Waals surface area contributed by atoms with Crippen molar-refractivity contribution in [1.29, 1.82) is 0 Å². The number of fused-ring (bicyclic) bond motifs is 1. The van der Waals surface area contributed by atoms with Crippen LogP contribution in [0.15, 0.2) is 41.3 Å². The number of hydrogen-bond acceptors (Lipinski definition) is 16. The topological polar surface area (TPSA) is 404 Å². The molecule has 0 saturated carbocycles. The van der Waals surface area contributed by atoms with Crippen molar-refractivity contribution in [3.05, 3.63) is 36.4 Å². The van der Waals surface area contributed by atoms with E-state index in [1.54, 1.807) is 24.3 Å². The van der Waals surface area contributed by atoms with Gasteiger partial charge < -0.3 is 51.9 Å². The van der Waals surface area contributed by atoms with Crippen LogP contribution in [0.4, 0.5) is 5.69 Å². The van der Waals surface area contributed by atoms with Crippen molar-refractivity contribution in [2.24, 2.45) is 5.73 Å². The van der Waals surface area contributed by atoms with E-state index in [1.165, 1.54) is 6.07 Å². The Hall–Kier alpha value is -6.03. The lowest BCUT2D eigenvalue weighted by molar-refractivity contribution is -0.145. The molecule has 26 heteroatoms. The van der Waals surface area contributed by atoms with E-state index in [1.807, 2.05) is 6.07 Å². The summed E-state index contributed by atoms with van der Waals surface area (Å²) in [6, 6.07) is 10.00. The minimum Gasteiger partial charge on any atom is -0.480 e. The summed E-state index contributed by atoms with van der Waals surface area (Å²) in [4.78, 5) is 88.6. The Morgan fingerprint density at radius 2 is 0.759 bits per heavy atom. The highest BCUT2D eigenvalue weighted by molar-refractivity contribution is 7.86. The number of nitrogens with two attached hydrogens (primary N) is 1. The highest BCUT2D eigenvalue weighted by atomic mass is 32.2. The molecule has 2 aromatic carbocycles. The van der Waals surface area contributed by atoms with Gasteiger partial charge in [0.25, 0.3) is 10.1 Å². The van der Waals surface area contributed by atoms with Crippen LogP contribution in [0.25, 0.3) is 10.8 Å². The van der Waals surface area contributed by atoms with Crippen LogP contribution in [-0.4, -0.2) is 213 Å². The molecule has 12 N–H and O–H groups in total. The van der Waals surface area contributed by atoms with Gasteiger partial charge in [0.2, 0.25) is 0 Å². The van der Waals surface area contributed by atoms with Crippen molar-refractivity contribution in [2.45, 2.75) is 4.90 Å². The van der Waals surface area contributed by atoms with Gasteiger partial charge in [-0.2, -0.15) is 8.42 Å². The standard InChI is InChI=1S/C12H14N2O3S.2C10H16N2O8/c13-7-8-14-11-5-1-4-10-9(11)3-2-6-12(10)18(15,16)17;2*13-7(14)3-11(4-8(15)16)1-2-12(5-9(17)18)6-10(19)20/h1-6,14H,7-8,13H2,(H,15,16,17);2*1-6H2,(H,13,14)(H,15,16)(H,17,18)(H,19,20). The Kier molecular flexibility index (Phi) is 24.0.